The van der Waals surface area contributed by atoms with Gasteiger partial charge in [0.25, 0.3) is 0 Å². The molecule has 0 atom stereocenters. The van der Waals surface area contributed by atoms with Crippen LogP contribution in [0.1, 0.15) is 0 Å². The molecule has 8 aromatic rings. The number of nitrogens with zero attached hydrogens (tertiary/aromatic N) is 2. The lowest BCUT2D eigenvalue weighted by molar-refractivity contribution is 0.482. The maximum absolute atomic E-state index is 6.92. The van der Waals surface area contributed by atoms with Crippen LogP contribution >= 0.6 is 23.2 Å². The van der Waals surface area contributed by atoms with Crippen LogP contribution in [0, 0.1) is 0 Å². The molecule has 180 valence electrons. The van der Waals surface area contributed by atoms with E-state index in [4.69, 9.17) is 42.3 Å². The van der Waals surface area contributed by atoms with E-state index in [0.29, 0.717) is 49.4 Å². The molecule has 0 saturated heterocycles. The molecule has 9 rings (SSSR count). The summed E-state index contributed by atoms with van der Waals surface area (Å²) in [6.07, 6.45) is 0. The molecular formula is C30H14Cl2N4O2. The van der Waals surface area contributed by atoms with E-state index < -0.39 is 0 Å². The molecule has 3 aromatic heterocycles. The number of rotatable bonds is 0. The van der Waals surface area contributed by atoms with Crippen molar-refractivity contribution in [3.05, 3.63) is 82.8 Å². The standard InChI is InChI=1S/C30H14Cl2N4O2/c31-25-27-29(37-23-11-19-15(9-21(23)35-27)13-5-1-3-7-17(13)33-19)26(32)28-30(25)38-24-12-20-16(10-22(24)36-28)14-6-2-4-8-18(14)34-20/h1-12,33,35H. The van der Waals surface area contributed by atoms with Crippen molar-refractivity contribution in [3.63, 3.8) is 0 Å². The number of hydrogen-bond donors (Lipinski definition) is 2. The number of halogens is 2. The fraction of sp³-hybridized carbons (Fsp3) is 0. The number of benzene rings is 5. The van der Waals surface area contributed by atoms with Crippen molar-refractivity contribution in [1.82, 2.24) is 15.0 Å². The van der Waals surface area contributed by atoms with Gasteiger partial charge >= 0.3 is 0 Å². The monoisotopic (exact) mass is 532 g/mol. The van der Waals surface area contributed by atoms with Crippen molar-refractivity contribution in [2.24, 2.45) is 0 Å². The molecule has 0 amide bonds. The molecule has 0 radical (unpaired) electrons. The third-order valence-corrected chi connectivity index (χ3v) is 8.01. The minimum absolute atomic E-state index is 0.325. The van der Waals surface area contributed by atoms with E-state index in [1.165, 1.54) is 0 Å². The van der Waals surface area contributed by atoms with Crippen molar-refractivity contribution in [1.29, 1.82) is 0 Å². The Morgan fingerprint density at radius 1 is 0.684 bits per heavy atom. The number of para-hydroxylation sites is 2. The van der Waals surface area contributed by atoms with E-state index in [-0.39, 0.29) is 0 Å². The molecule has 6 nitrogen and oxygen atoms in total. The molecule has 5 aromatic carbocycles. The Morgan fingerprint density at radius 2 is 1.53 bits per heavy atom. The van der Waals surface area contributed by atoms with Crippen molar-refractivity contribution >= 4 is 100 Å². The number of H-pyrrole nitrogens is 1. The molecule has 0 unspecified atom stereocenters. The number of nitrogens with one attached hydrogen (secondary N) is 2. The van der Waals surface area contributed by atoms with Crippen LogP contribution in [0.3, 0.4) is 0 Å². The van der Waals surface area contributed by atoms with E-state index in [9.17, 15) is 0 Å². The van der Waals surface area contributed by atoms with Crippen LogP contribution in [0.5, 0.6) is 11.5 Å². The Labute approximate surface area is 223 Å². The van der Waals surface area contributed by atoms with Gasteiger partial charge in [0, 0.05) is 39.2 Å². The second-order valence-electron chi connectivity index (χ2n) is 9.48. The number of hydrogen-bond acceptors (Lipinski definition) is 5. The summed E-state index contributed by atoms with van der Waals surface area (Å²) in [5, 5.41) is 8.38. The fourth-order valence-electron chi connectivity index (χ4n) is 5.53. The van der Waals surface area contributed by atoms with Gasteiger partial charge in [-0.2, -0.15) is 0 Å². The summed E-state index contributed by atoms with van der Waals surface area (Å²) in [5.74, 6) is 1.05. The lowest BCUT2D eigenvalue weighted by atomic mass is 10.1. The van der Waals surface area contributed by atoms with Crippen LogP contribution in [-0.2, 0) is 0 Å². The van der Waals surface area contributed by atoms with Gasteiger partial charge in [-0.1, -0.05) is 59.6 Å². The van der Waals surface area contributed by atoms with Gasteiger partial charge in [0.2, 0.25) is 0 Å². The number of anilines is 2. The summed E-state index contributed by atoms with van der Waals surface area (Å²) in [4.78, 5) is 13.1. The van der Waals surface area contributed by atoms with Crippen molar-refractivity contribution in [2.75, 3.05) is 5.32 Å². The molecule has 0 bridgehead atoms. The van der Waals surface area contributed by atoms with Gasteiger partial charge in [-0.05, 0) is 24.3 Å². The van der Waals surface area contributed by atoms with Crippen LogP contribution in [0.25, 0.3) is 65.8 Å². The normalized spacial score (nSPS) is 12.9. The predicted octanol–water partition coefficient (Wildman–Crippen LogP) is 9.47. The topological polar surface area (TPSA) is 76.0 Å². The first-order valence-electron chi connectivity index (χ1n) is 12.1. The average Bonchev–Trinajstić information content (AvgIpc) is 3.49. The molecule has 1 aliphatic rings. The van der Waals surface area contributed by atoms with Gasteiger partial charge in [0.15, 0.2) is 22.7 Å². The molecule has 0 spiro atoms. The van der Waals surface area contributed by atoms with Crippen LogP contribution in [0.2, 0.25) is 10.0 Å². The third kappa shape index (κ3) is 2.63. The third-order valence-electron chi connectivity index (χ3n) is 7.30. The van der Waals surface area contributed by atoms with Crippen molar-refractivity contribution in [2.45, 2.75) is 0 Å². The smallest absolute Gasteiger partial charge is 0.175 e. The van der Waals surface area contributed by atoms with E-state index in [0.717, 1.165) is 49.3 Å². The molecule has 0 fully saturated rings. The van der Waals surface area contributed by atoms with Gasteiger partial charge in [-0.25, -0.2) is 9.97 Å². The minimum atomic E-state index is 0.325. The van der Waals surface area contributed by atoms with Gasteiger partial charge in [-0.15, -0.1) is 0 Å². The minimum Gasteiger partial charge on any atom is -0.451 e. The summed E-state index contributed by atoms with van der Waals surface area (Å²) < 4.78 is 12.7. The highest BCUT2D eigenvalue weighted by Crippen LogP contribution is 2.53. The second-order valence-corrected chi connectivity index (χ2v) is 10.2. The molecule has 4 heterocycles. The van der Waals surface area contributed by atoms with Crippen molar-refractivity contribution < 1.29 is 9.15 Å². The largest absolute Gasteiger partial charge is 0.451 e. The maximum atomic E-state index is 6.92. The summed E-state index contributed by atoms with van der Waals surface area (Å²) in [6.45, 7) is 0. The number of aromatic amines is 1. The highest BCUT2D eigenvalue weighted by molar-refractivity contribution is 6.43. The van der Waals surface area contributed by atoms with Crippen LogP contribution in [-0.4, -0.2) is 15.0 Å². The van der Waals surface area contributed by atoms with Crippen molar-refractivity contribution in [3.8, 4) is 11.5 Å². The highest BCUT2D eigenvalue weighted by atomic mass is 35.5. The first-order chi connectivity index (χ1) is 18.6. The zero-order chi connectivity index (χ0) is 25.1. The van der Waals surface area contributed by atoms with Gasteiger partial charge in [0.05, 0.1) is 22.2 Å². The molecule has 0 saturated carbocycles. The summed E-state index contributed by atoms with van der Waals surface area (Å²) in [7, 11) is 0. The summed E-state index contributed by atoms with van der Waals surface area (Å²) in [6, 6.07) is 24.1. The van der Waals surface area contributed by atoms with Gasteiger partial charge in [-0.3, -0.25) is 0 Å². The Balaban J connectivity index is 1.28. The molecule has 1 aliphatic heterocycles. The quantitative estimate of drug-likeness (QED) is 0.190. The van der Waals surface area contributed by atoms with Gasteiger partial charge < -0.3 is 19.5 Å². The molecule has 0 aliphatic carbocycles. The van der Waals surface area contributed by atoms with E-state index in [1.54, 1.807) is 0 Å². The zero-order valence-corrected chi connectivity index (χ0v) is 20.9. The highest BCUT2D eigenvalue weighted by Gasteiger charge is 2.28. The van der Waals surface area contributed by atoms with Crippen LogP contribution in [0.4, 0.5) is 11.4 Å². The SMILES string of the molecule is Clc1c2c(c(Cl)c3oc4cc5nc6ccccc6c5cc4nc13)Nc1cc3c(cc1O2)[nH]c1ccccc13. The number of ether oxygens (including phenoxy) is 1. The Hall–Kier alpha value is -4.52. The molecular weight excluding hydrogens is 519 g/mol. The van der Waals surface area contributed by atoms with Gasteiger partial charge in [0.1, 0.15) is 26.8 Å². The first kappa shape index (κ1) is 20.5. The lowest BCUT2D eigenvalue weighted by Gasteiger charge is -2.24. The van der Waals surface area contributed by atoms with E-state index >= 15 is 0 Å². The lowest BCUT2D eigenvalue weighted by Crippen LogP contribution is -2.05. The Kier molecular flexibility index (Phi) is 3.82. The summed E-state index contributed by atoms with van der Waals surface area (Å²) in [5.41, 5.74) is 7.16. The molecule has 8 heteroatoms. The Morgan fingerprint density at radius 3 is 2.45 bits per heavy atom. The maximum Gasteiger partial charge on any atom is 0.175 e. The first-order valence-corrected chi connectivity index (χ1v) is 12.8. The Bertz CT molecular complexity index is 2340. The van der Waals surface area contributed by atoms with Crippen LogP contribution < -0.4 is 10.1 Å². The predicted molar refractivity (Wildman–Crippen MR) is 154 cm³/mol. The van der Waals surface area contributed by atoms with E-state index in [2.05, 4.69) is 34.6 Å². The number of aromatic nitrogens is 3. The molecule has 38 heavy (non-hydrogen) atoms. The molecule has 2 N–H and O–H groups in total. The average molecular weight is 533 g/mol. The second kappa shape index (κ2) is 7.07. The number of fused-ring (bicyclic) bond motifs is 10. The summed E-state index contributed by atoms with van der Waals surface area (Å²) >= 11 is 13.8. The van der Waals surface area contributed by atoms with Crippen LogP contribution in [0.15, 0.2) is 77.2 Å². The fourth-order valence-corrected chi connectivity index (χ4v) is 6.06. The van der Waals surface area contributed by atoms with E-state index in [1.807, 2.05) is 48.5 Å². The zero-order valence-electron chi connectivity index (χ0n) is 19.4.